The third-order valence-corrected chi connectivity index (χ3v) is 3.50. The second kappa shape index (κ2) is 6.24. The molecule has 1 rings (SSSR count). The number of nitrogens with two attached hydrogens (primary N) is 1. The average Bonchev–Trinajstić information content (AvgIpc) is 2.20. The van der Waals surface area contributed by atoms with E-state index in [1.165, 1.54) is 32.5 Å². The zero-order chi connectivity index (χ0) is 12.1. The number of likely N-dealkylation sites (tertiary alicyclic amines) is 1. The quantitative estimate of drug-likeness (QED) is 0.778. The van der Waals surface area contributed by atoms with Gasteiger partial charge in [0.15, 0.2) is 0 Å². The average molecular weight is 226 g/mol. The minimum Gasteiger partial charge on any atom is -0.369 e. The number of hydrogen-bond donors (Lipinski definition) is 1. The first-order chi connectivity index (χ1) is 7.49. The van der Waals surface area contributed by atoms with Crippen molar-refractivity contribution < 1.29 is 4.79 Å². The lowest BCUT2D eigenvalue weighted by Crippen LogP contribution is -2.37. The van der Waals surface area contributed by atoms with Crippen LogP contribution in [0.2, 0.25) is 0 Å². The summed E-state index contributed by atoms with van der Waals surface area (Å²) in [5.41, 5.74) is 5.30. The third-order valence-electron chi connectivity index (χ3n) is 3.50. The maximum atomic E-state index is 11.0. The van der Waals surface area contributed by atoms with Gasteiger partial charge in [0.25, 0.3) is 0 Å². The van der Waals surface area contributed by atoms with Gasteiger partial charge in [-0.2, -0.15) is 0 Å². The molecule has 94 valence electrons. The van der Waals surface area contributed by atoms with Crippen LogP contribution >= 0.6 is 0 Å². The number of nitrogens with zero attached hydrogens (tertiary/aromatic N) is 1. The van der Waals surface area contributed by atoms with Crippen LogP contribution in [0.3, 0.4) is 0 Å². The fourth-order valence-electron chi connectivity index (χ4n) is 2.54. The van der Waals surface area contributed by atoms with Gasteiger partial charge in [0.2, 0.25) is 5.91 Å². The summed E-state index contributed by atoms with van der Waals surface area (Å²) in [6, 6.07) is 0. The Labute approximate surface area is 99.4 Å². The summed E-state index contributed by atoms with van der Waals surface area (Å²) in [7, 11) is 0. The molecule has 0 aromatic rings. The monoisotopic (exact) mass is 226 g/mol. The van der Waals surface area contributed by atoms with Gasteiger partial charge in [-0.05, 0) is 44.2 Å². The molecule has 0 radical (unpaired) electrons. The summed E-state index contributed by atoms with van der Waals surface area (Å²) >= 11 is 0. The summed E-state index contributed by atoms with van der Waals surface area (Å²) in [4.78, 5) is 13.5. The van der Waals surface area contributed by atoms with E-state index in [2.05, 4.69) is 18.7 Å². The molecular formula is C13H26N2O. The molecular weight excluding hydrogens is 200 g/mol. The van der Waals surface area contributed by atoms with Gasteiger partial charge in [-0.25, -0.2) is 0 Å². The van der Waals surface area contributed by atoms with Crippen molar-refractivity contribution in [3.63, 3.8) is 0 Å². The van der Waals surface area contributed by atoms with Gasteiger partial charge in [0, 0.05) is 12.5 Å². The van der Waals surface area contributed by atoms with Crippen LogP contribution in [0.25, 0.3) is 0 Å². The normalized spacial score (nSPS) is 21.2. The predicted molar refractivity (Wildman–Crippen MR) is 67.0 cm³/mol. The molecule has 0 bridgehead atoms. The second-order valence-corrected chi connectivity index (χ2v) is 5.68. The third kappa shape index (κ3) is 4.52. The number of piperidine rings is 1. The first-order valence-corrected chi connectivity index (χ1v) is 6.50. The predicted octanol–water partition coefficient (Wildman–Crippen LogP) is 1.87. The van der Waals surface area contributed by atoms with Crippen molar-refractivity contribution in [1.82, 2.24) is 4.90 Å². The minimum absolute atomic E-state index is 0.0432. The molecule has 1 aliphatic heterocycles. The first kappa shape index (κ1) is 13.5. The maximum Gasteiger partial charge on any atom is 0.220 e. The van der Waals surface area contributed by atoms with Crippen molar-refractivity contribution in [2.45, 2.75) is 40.0 Å². The van der Waals surface area contributed by atoms with Crippen LogP contribution in [0, 0.1) is 17.8 Å². The first-order valence-electron chi connectivity index (χ1n) is 6.50. The Bertz CT molecular complexity index is 220. The van der Waals surface area contributed by atoms with Crippen LogP contribution in [-0.4, -0.2) is 30.4 Å². The summed E-state index contributed by atoms with van der Waals surface area (Å²) in [5, 5.41) is 0. The molecule has 0 aromatic heterocycles. The van der Waals surface area contributed by atoms with Crippen LogP contribution in [0.15, 0.2) is 0 Å². The Morgan fingerprint density at radius 3 is 2.31 bits per heavy atom. The van der Waals surface area contributed by atoms with E-state index in [-0.39, 0.29) is 11.8 Å². The fraction of sp³-hybridized carbons (Fsp3) is 0.923. The van der Waals surface area contributed by atoms with Gasteiger partial charge < -0.3 is 10.6 Å². The van der Waals surface area contributed by atoms with E-state index in [0.717, 1.165) is 12.3 Å². The zero-order valence-corrected chi connectivity index (χ0v) is 10.9. The Morgan fingerprint density at radius 2 is 1.88 bits per heavy atom. The van der Waals surface area contributed by atoms with E-state index in [1.54, 1.807) is 0 Å². The summed E-state index contributed by atoms with van der Waals surface area (Å²) < 4.78 is 0. The van der Waals surface area contributed by atoms with Crippen molar-refractivity contribution in [3.05, 3.63) is 0 Å². The van der Waals surface area contributed by atoms with Crippen LogP contribution in [-0.2, 0) is 4.79 Å². The van der Waals surface area contributed by atoms with E-state index in [0.29, 0.717) is 5.92 Å². The Balaban J connectivity index is 2.24. The zero-order valence-electron chi connectivity index (χ0n) is 10.9. The fourth-order valence-corrected chi connectivity index (χ4v) is 2.54. The minimum atomic E-state index is -0.149. The number of rotatable bonds is 5. The number of carbonyl (C=O) groups excluding carboxylic acids is 1. The highest BCUT2D eigenvalue weighted by molar-refractivity contribution is 5.76. The van der Waals surface area contributed by atoms with Crippen LogP contribution in [0.5, 0.6) is 0 Å². The molecule has 2 N–H and O–H groups in total. The highest BCUT2D eigenvalue weighted by Gasteiger charge is 2.22. The topological polar surface area (TPSA) is 46.3 Å². The number of carbonyl (C=O) groups is 1. The van der Waals surface area contributed by atoms with E-state index in [1.807, 2.05) is 6.92 Å². The van der Waals surface area contributed by atoms with E-state index in [4.69, 9.17) is 5.73 Å². The van der Waals surface area contributed by atoms with Gasteiger partial charge >= 0.3 is 0 Å². The molecule has 16 heavy (non-hydrogen) atoms. The molecule has 1 fully saturated rings. The Hall–Kier alpha value is -0.570. The summed E-state index contributed by atoms with van der Waals surface area (Å²) in [5.74, 6) is 1.35. The molecule has 0 saturated carbocycles. The number of primary amides is 1. The van der Waals surface area contributed by atoms with E-state index in [9.17, 15) is 4.79 Å². The van der Waals surface area contributed by atoms with Crippen molar-refractivity contribution in [2.75, 3.05) is 19.6 Å². The van der Waals surface area contributed by atoms with Crippen molar-refractivity contribution in [2.24, 2.45) is 23.5 Å². The van der Waals surface area contributed by atoms with Crippen LogP contribution in [0.4, 0.5) is 0 Å². The molecule has 0 aromatic carbocycles. The number of amides is 1. The van der Waals surface area contributed by atoms with Gasteiger partial charge in [-0.3, -0.25) is 4.79 Å². The molecule has 1 aliphatic rings. The molecule has 0 spiro atoms. The second-order valence-electron chi connectivity index (χ2n) is 5.68. The smallest absolute Gasteiger partial charge is 0.220 e. The molecule has 3 heteroatoms. The van der Waals surface area contributed by atoms with Gasteiger partial charge in [-0.15, -0.1) is 0 Å². The molecule has 1 unspecified atom stereocenters. The molecule has 3 nitrogen and oxygen atoms in total. The molecule has 1 amide bonds. The lowest BCUT2D eigenvalue weighted by molar-refractivity contribution is -0.121. The standard InChI is InChI=1S/C13H26N2O/c1-10(2)9-15-6-4-12(5-7-15)8-11(3)13(14)16/h10-12H,4-9H2,1-3H3,(H2,14,16). The number of hydrogen-bond acceptors (Lipinski definition) is 2. The van der Waals surface area contributed by atoms with Gasteiger partial charge in [-0.1, -0.05) is 20.8 Å². The molecule has 1 saturated heterocycles. The molecule has 1 heterocycles. The van der Waals surface area contributed by atoms with Gasteiger partial charge in [0.05, 0.1) is 0 Å². The summed E-state index contributed by atoms with van der Waals surface area (Å²) in [6.07, 6.45) is 3.43. The van der Waals surface area contributed by atoms with Crippen LogP contribution < -0.4 is 5.73 Å². The lowest BCUT2D eigenvalue weighted by Gasteiger charge is -2.33. The van der Waals surface area contributed by atoms with Crippen molar-refractivity contribution >= 4 is 5.91 Å². The lowest BCUT2D eigenvalue weighted by atomic mass is 9.87. The molecule has 0 aliphatic carbocycles. The Morgan fingerprint density at radius 1 is 1.31 bits per heavy atom. The largest absolute Gasteiger partial charge is 0.369 e. The maximum absolute atomic E-state index is 11.0. The van der Waals surface area contributed by atoms with Crippen molar-refractivity contribution in [1.29, 1.82) is 0 Å². The highest BCUT2D eigenvalue weighted by atomic mass is 16.1. The molecule has 1 atom stereocenters. The SMILES string of the molecule is CC(C)CN1CCC(CC(C)C(N)=O)CC1. The Kier molecular flexibility index (Phi) is 5.26. The van der Waals surface area contributed by atoms with Crippen molar-refractivity contribution in [3.8, 4) is 0 Å². The van der Waals surface area contributed by atoms with Gasteiger partial charge in [0.1, 0.15) is 0 Å². The van der Waals surface area contributed by atoms with E-state index < -0.39 is 0 Å². The van der Waals surface area contributed by atoms with Crippen LogP contribution in [0.1, 0.15) is 40.0 Å². The van der Waals surface area contributed by atoms with E-state index >= 15 is 0 Å². The highest BCUT2D eigenvalue weighted by Crippen LogP contribution is 2.24. The summed E-state index contributed by atoms with van der Waals surface area (Å²) in [6.45, 7) is 10.1.